The van der Waals surface area contributed by atoms with Crippen LogP contribution in [0, 0.1) is 6.92 Å². The van der Waals surface area contributed by atoms with E-state index in [1.54, 1.807) is 11.8 Å². The fourth-order valence-corrected chi connectivity index (χ4v) is 4.70. The second-order valence-electron chi connectivity index (χ2n) is 4.72. The second-order valence-corrected chi connectivity index (χ2v) is 8.12. The van der Waals surface area contributed by atoms with Crippen molar-refractivity contribution >= 4 is 21.6 Å². The van der Waals surface area contributed by atoms with E-state index in [1.807, 2.05) is 0 Å². The molecule has 0 amide bonds. The predicted octanol–water partition coefficient (Wildman–Crippen LogP) is 1.86. The molecule has 1 aromatic rings. The van der Waals surface area contributed by atoms with Crippen molar-refractivity contribution in [3.8, 4) is 0 Å². The van der Waals surface area contributed by atoms with Crippen molar-refractivity contribution in [2.75, 3.05) is 23.8 Å². The van der Waals surface area contributed by atoms with Crippen molar-refractivity contribution < 1.29 is 8.42 Å². The Balaban J connectivity index is 1.68. The Bertz CT molecular complexity index is 499. The molecule has 3 nitrogen and oxygen atoms in total. The van der Waals surface area contributed by atoms with E-state index in [0.29, 0.717) is 11.5 Å². The minimum absolute atomic E-state index is 0.160. The molecule has 100 valence electrons. The van der Waals surface area contributed by atoms with Crippen molar-refractivity contribution in [2.24, 2.45) is 0 Å². The maximum Gasteiger partial charge on any atom is 0.151 e. The Morgan fingerprint density at radius 2 is 2.28 bits per heavy atom. The van der Waals surface area contributed by atoms with Crippen LogP contribution in [0.5, 0.6) is 0 Å². The van der Waals surface area contributed by atoms with E-state index in [9.17, 15) is 8.42 Å². The molecule has 1 aromatic carbocycles. The zero-order valence-corrected chi connectivity index (χ0v) is 12.2. The fourth-order valence-electron chi connectivity index (χ4n) is 2.09. The van der Waals surface area contributed by atoms with Gasteiger partial charge in [-0.25, -0.2) is 8.42 Å². The van der Waals surface area contributed by atoms with Crippen LogP contribution in [0.15, 0.2) is 29.2 Å². The zero-order valence-electron chi connectivity index (χ0n) is 10.6. The number of aryl methyl sites for hydroxylation is 1. The third-order valence-electron chi connectivity index (χ3n) is 3.03. The van der Waals surface area contributed by atoms with Crippen LogP contribution in [-0.2, 0) is 9.84 Å². The molecular formula is C13H19NO2S2. The number of thioether (sulfide) groups is 1. The molecule has 1 atom stereocenters. The van der Waals surface area contributed by atoms with Gasteiger partial charge >= 0.3 is 0 Å². The van der Waals surface area contributed by atoms with Crippen LogP contribution < -0.4 is 5.32 Å². The quantitative estimate of drug-likeness (QED) is 0.662. The first kappa shape index (κ1) is 13.9. The first-order valence-corrected chi connectivity index (χ1v) is 8.99. The van der Waals surface area contributed by atoms with E-state index < -0.39 is 9.84 Å². The first-order valence-electron chi connectivity index (χ1n) is 6.18. The standard InChI is InChI=1S/C13H19NO2S2/c1-11-3-2-4-13(9-11)17-7-6-14-12-5-8-18(15,16)10-12/h2-4,9,12,14H,5-8,10H2,1H3. The van der Waals surface area contributed by atoms with Crippen LogP contribution in [0.2, 0.25) is 0 Å². The summed E-state index contributed by atoms with van der Waals surface area (Å²) in [4.78, 5) is 1.27. The van der Waals surface area contributed by atoms with Crippen molar-refractivity contribution in [1.82, 2.24) is 5.32 Å². The summed E-state index contributed by atoms with van der Waals surface area (Å²) in [5, 5.41) is 3.32. The monoisotopic (exact) mass is 285 g/mol. The highest BCUT2D eigenvalue weighted by atomic mass is 32.2. The van der Waals surface area contributed by atoms with Crippen molar-refractivity contribution in [1.29, 1.82) is 0 Å². The molecule has 0 saturated carbocycles. The summed E-state index contributed by atoms with van der Waals surface area (Å²) in [6, 6.07) is 8.59. The molecule has 0 aliphatic carbocycles. The highest BCUT2D eigenvalue weighted by molar-refractivity contribution is 7.99. The summed E-state index contributed by atoms with van der Waals surface area (Å²) in [6.45, 7) is 2.95. The van der Waals surface area contributed by atoms with Crippen LogP contribution in [-0.4, -0.2) is 38.3 Å². The molecule has 1 heterocycles. The van der Waals surface area contributed by atoms with E-state index in [0.717, 1.165) is 18.7 Å². The normalized spacial score (nSPS) is 22.2. The van der Waals surface area contributed by atoms with E-state index in [4.69, 9.17) is 0 Å². The van der Waals surface area contributed by atoms with Gasteiger partial charge in [0.15, 0.2) is 9.84 Å². The molecule has 2 rings (SSSR count). The Labute approximate surface area is 113 Å². The van der Waals surface area contributed by atoms with Gasteiger partial charge in [0.25, 0.3) is 0 Å². The van der Waals surface area contributed by atoms with Gasteiger partial charge < -0.3 is 5.32 Å². The Morgan fingerprint density at radius 3 is 2.94 bits per heavy atom. The number of rotatable bonds is 5. The minimum atomic E-state index is -2.76. The third-order valence-corrected chi connectivity index (χ3v) is 5.79. The lowest BCUT2D eigenvalue weighted by Crippen LogP contribution is -2.31. The Morgan fingerprint density at radius 1 is 1.44 bits per heavy atom. The number of hydrogen-bond donors (Lipinski definition) is 1. The summed E-state index contributed by atoms with van der Waals surface area (Å²) in [6.07, 6.45) is 0.761. The molecule has 1 N–H and O–H groups in total. The van der Waals surface area contributed by atoms with Gasteiger partial charge in [0, 0.05) is 23.2 Å². The summed E-state index contributed by atoms with van der Waals surface area (Å²) in [5.41, 5.74) is 1.27. The average molecular weight is 285 g/mol. The lowest BCUT2D eigenvalue weighted by atomic mass is 10.2. The van der Waals surface area contributed by atoms with Gasteiger partial charge in [-0.15, -0.1) is 11.8 Å². The topological polar surface area (TPSA) is 46.2 Å². The van der Waals surface area contributed by atoms with Gasteiger partial charge in [-0.1, -0.05) is 17.7 Å². The van der Waals surface area contributed by atoms with Crippen LogP contribution in [0.3, 0.4) is 0 Å². The number of sulfone groups is 1. The lowest BCUT2D eigenvalue weighted by Gasteiger charge is -2.10. The molecule has 0 radical (unpaired) electrons. The summed E-state index contributed by atoms with van der Waals surface area (Å²) >= 11 is 1.81. The van der Waals surface area contributed by atoms with Gasteiger partial charge in [-0.2, -0.15) is 0 Å². The Hall–Kier alpha value is -0.520. The summed E-state index contributed by atoms with van der Waals surface area (Å²) < 4.78 is 22.6. The van der Waals surface area contributed by atoms with Crippen LogP contribution in [0.1, 0.15) is 12.0 Å². The highest BCUT2D eigenvalue weighted by Gasteiger charge is 2.26. The molecule has 18 heavy (non-hydrogen) atoms. The van der Waals surface area contributed by atoms with Crippen molar-refractivity contribution in [2.45, 2.75) is 24.3 Å². The van der Waals surface area contributed by atoms with Gasteiger partial charge in [-0.05, 0) is 25.5 Å². The van der Waals surface area contributed by atoms with Crippen LogP contribution in [0.25, 0.3) is 0 Å². The van der Waals surface area contributed by atoms with Gasteiger partial charge in [-0.3, -0.25) is 0 Å². The molecular weight excluding hydrogens is 266 g/mol. The fraction of sp³-hybridized carbons (Fsp3) is 0.538. The molecule has 0 aromatic heterocycles. The largest absolute Gasteiger partial charge is 0.312 e. The van der Waals surface area contributed by atoms with Crippen LogP contribution >= 0.6 is 11.8 Å². The highest BCUT2D eigenvalue weighted by Crippen LogP contribution is 2.18. The number of hydrogen-bond acceptors (Lipinski definition) is 4. The van der Waals surface area contributed by atoms with Gasteiger partial charge in [0.05, 0.1) is 11.5 Å². The van der Waals surface area contributed by atoms with Gasteiger partial charge in [0.2, 0.25) is 0 Å². The molecule has 1 saturated heterocycles. The van der Waals surface area contributed by atoms with Crippen molar-refractivity contribution in [3.05, 3.63) is 29.8 Å². The molecule has 1 unspecified atom stereocenters. The molecule has 0 bridgehead atoms. The van der Waals surface area contributed by atoms with E-state index in [-0.39, 0.29) is 6.04 Å². The molecule has 1 aliphatic rings. The predicted molar refractivity (Wildman–Crippen MR) is 77.0 cm³/mol. The molecule has 5 heteroatoms. The summed E-state index contributed by atoms with van der Waals surface area (Å²) in [7, 11) is -2.76. The van der Waals surface area contributed by atoms with Crippen molar-refractivity contribution in [3.63, 3.8) is 0 Å². The maximum atomic E-state index is 11.3. The van der Waals surface area contributed by atoms with E-state index in [1.165, 1.54) is 10.5 Å². The summed E-state index contributed by atoms with van der Waals surface area (Å²) in [5.74, 6) is 1.62. The third kappa shape index (κ3) is 4.30. The first-order chi connectivity index (χ1) is 8.55. The maximum absolute atomic E-state index is 11.3. The number of benzene rings is 1. The zero-order chi connectivity index (χ0) is 13.0. The minimum Gasteiger partial charge on any atom is -0.312 e. The molecule has 1 fully saturated rings. The molecule has 0 spiro atoms. The Kier molecular flexibility index (Phi) is 4.70. The van der Waals surface area contributed by atoms with E-state index >= 15 is 0 Å². The second kappa shape index (κ2) is 6.08. The SMILES string of the molecule is Cc1cccc(SCCNC2CCS(=O)(=O)C2)c1. The van der Waals surface area contributed by atoms with Crippen LogP contribution in [0.4, 0.5) is 0 Å². The number of nitrogens with one attached hydrogen (secondary N) is 1. The molecule has 1 aliphatic heterocycles. The smallest absolute Gasteiger partial charge is 0.151 e. The van der Waals surface area contributed by atoms with Gasteiger partial charge in [0.1, 0.15) is 0 Å². The van der Waals surface area contributed by atoms with E-state index in [2.05, 4.69) is 36.5 Å². The lowest BCUT2D eigenvalue weighted by molar-refractivity contribution is 0.575. The average Bonchev–Trinajstić information content (AvgIpc) is 2.65.